The first-order valence-electron chi connectivity index (χ1n) is 7.95. The maximum absolute atomic E-state index is 13.5. The van der Waals surface area contributed by atoms with Crippen molar-refractivity contribution in [1.82, 2.24) is 4.98 Å². The van der Waals surface area contributed by atoms with E-state index in [0.717, 1.165) is 6.07 Å². The number of aromatic amines is 1. The molecule has 0 saturated heterocycles. The third-order valence-corrected chi connectivity index (χ3v) is 3.65. The minimum absolute atomic E-state index is 0.0337. The summed E-state index contributed by atoms with van der Waals surface area (Å²) in [6, 6.07) is 4.73. The van der Waals surface area contributed by atoms with E-state index in [-0.39, 0.29) is 41.3 Å². The lowest BCUT2D eigenvalue weighted by molar-refractivity contribution is -0.137. The average Bonchev–Trinajstić information content (AvgIpc) is 2.92. The maximum Gasteiger partial charge on any atom is 0.417 e. The summed E-state index contributed by atoms with van der Waals surface area (Å²) in [5, 5.41) is 0. The zero-order valence-corrected chi connectivity index (χ0v) is 14.5. The number of hydrogen-bond acceptors (Lipinski definition) is 4. The summed E-state index contributed by atoms with van der Waals surface area (Å²) in [5.41, 5.74) is -1.55. The van der Waals surface area contributed by atoms with Crippen molar-refractivity contribution >= 4 is 11.9 Å². The first-order chi connectivity index (χ1) is 12.2. The van der Waals surface area contributed by atoms with Crippen molar-refractivity contribution in [3.63, 3.8) is 0 Å². The Balaban J connectivity index is 2.81. The number of esters is 2. The summed E-state index contributed by atoms with van der Waals surface area (Å²) < 4.78 is 50.3. The molecule has 0 bridgehead atoms. The van der Waals surface area contributed by atoms with Gasteiger partial charge in [-0.25, -0.2) is 9.59 Å². The highest BCUT2D eigenvalue weighted by molar-refractivity contribution is 6.07. The molecule has 140 valence electrons. The van der Waals surface area contributed by atoms with Gasteiger partial charge in [-0.15, -0.1) is 0 Å². The maximum atomic E-state index is 13.5. The Morgan fingerprint density at radius 2 is 1.62 bits per heavy atom. The van der Waals surface area contributed by atoms with Gasteiger partial charge in [-0.05, 0) is 32.4 Å². The molecule has 26 heavy (non-hydrogen) atoms. The lowest BCUT2D eigenvalue weighted by atomic mass is 9.95. The number of carbonyl (C=O) groups is 2. The summed E-state index contributed by atoms with van der Waals surface area (Å²) in [7, 11) is 0. The number of ether oxygens (including phenoxy) is 2. The molecule has 0 saturated carbocycles. The quantitative estimate of drug-likeness (QED) is 0.795. The van der Waals surface area contributed by atoms with Crippen molar-refractivity contribution in [2.24, 2.45) is 0 Å². The molecule has 0 aliphatic heterocycles. The molecule has 0 fully saturated rings. The average molecular weight is 369 g/mol. The second kappa shape index (κ2) is 7.63. The molecule has 1 aromatic carbocycles. The molecule has 0 radical (unpaired) electrons. The monoisotopic (exact) mass is 369 g/mol. The highest BCUT2D eigenvalue weighted by Crippen LogP contribution is 2.40. The fourth-order valence-electron chi connectivity index (χ4n) is 2.66. The van der Waals surface area contributed by atoms with Crippen molar-refractivity contribution in [2.75, 3.05) is 13.2 Å². The van der Waals surface area contributed by atoms with Gasteiger partial charge in [-0.3, -0.25) is 0 Å². The fraction of sp³-hybridized carbons (Fsp3) is 0.333. The smallest absolute Gasteiger partial charge is 0.417 e. The van der Waals surface area contributed by atoms with E-state index in [1.807, 2.05) is 0 Å². The number of rotatable bonds is 5. The molecule has 0 amide bonds. The zero-order valence-electron chi connectivity index (χ0n) is 14.5. The van der Waals surface area contributed by atoms with Crippen LogP contribution in [0.4, 0.5) is 13.2 Å². The van der Waals surface area contributed by atoms with E-state index in [9.17, 15) is 22.8 Å². The number of H-pyrrole nitrogens is 1. The van der Waals surface area contributed by atoms with Crippen molar-refractivity contribution in [3.8, 4) is 11.1 Å². The summed E-state index contributed by atoms with van der Waals surface area (Å²) in [4.78, 5) is 27.3. The lowest BCUT2D eigenvalue weighted by Gasteiger charge is -2.14. The van der Waals surface area contributed by atoms with Crippen LogP contribution in [-0.4, -0.2) is 30.1 Å². The second-order valence-corrected chi connectivity index (χ2v) is 5.36. The van der Waals surface area contributed by atoms with Crippen molar-refractivity contribution in [2.45, 2.75) is 26.9 Å². The molecule has 0 aliphatic carbocycles. The summed E-state index contributed by atoms with van der Waals surface area (Å²) >= 11 is 0. The Morgan fingerprint density at radius 1 is 1.04 bits per heavy atom. The number of hydrogen-bond donors (Lipinski definition) is 1. The van der Waals surface area contributed by atoms with Crippen LogP contribution >= 0.6 is 0 Å². The fourth-order valence-corrected chi connectivity index (χ4v) is 2.66. The molecule has 0 atom stereocenters. The molecular formula is C18H18F3NO4. The standard InChI is InChI=1S/C18H18F3NO4/c1-4-25-16(23)13-10(3)22-15(17(24)26-5-2)14(13)11-8-6-7-9-12(11)18(19,20)21/h6-9,22H,4-5H2,1-3H3. The molecule has 1 aromatic heterocycles. The zero-order chi connectivity index (χ0) is 19.5. The summed E-state index contributed by atoms with van der Waals surface area (Å²) in [5.74, 6) is -1.66. The van der Waals surface area contributed by atoms with E-state index in [2.05, 4.69) is 4.98 Å². The predicted molar refractivity (Wildman–Crippen MR) is 87.9 cm³/mol. The van der Waals surface area contributed by atoms with Crippen LogP contribution < -0.4 is 0 Å². The van der Waals surface area contributed by atoms with Gasteiger partial charge in [0.25, 0.3) is 0 Å². The molecule has 0 spiro atoms. The van der Waals surface area contributed by atoms with Crippen LogP contribution in [0.25, 0.3) is 11.1 Å². The summed E-state index contributed by atoms with van der Waals surface area (Å²) in [6.45, 7) is 4.71. The second-order valence-electron chi connectivity index (χ2n) is 5.36. The lowest BCUT2D eigenvalue weighted by Crippen LogP contribution is -2.12. The first-order valence-corrected chi connectivity index (χ1v) is 7.95. The number of nitrogens with one attached hydrogen (secondary N) is 1. The van der Waals surface area contributed by atoms with Gasteiger partial charge in [0, 0.05) is 11.3 Å². The van der Waals surface area contributed by atoms with Crippen LogP contribution in [0.5, 0.6) is 0 Å². The van der Waals surface area contributed by atoms with E-state index < -0.39 is 23.7 Å². The third kappa shape index (κ3) is 3.74. The van der Waals surface area contributed by atoms with Crippen LogP contribution in [0, 0.1) is 6.92 Å². The van der Waals surface area contributed by atoms with Crippen LogP contribution in [0.15, 0.2) is 24.3 Å². The topological polar surface area (TPSA) is 68.4 Å². The molecule has 2 aromatic rings. The molecule has 5 nitrogen and oxygen atoms in total. The molecular weight excluding hydrogens is 351 g/mol. The van der Waals surface area contributed by atoms with Crippen LogP contribution in [-0.2, 0) is 15.7 Å². The third-order valence-electron chi connectivity index (χ3n) is 3.65. The number of aryl methyl sites for hydroxylation is 1. The number of halogens is 3. The van der Waals surface area contributed by atoms with Gasteiger partial charge in [-0.2, -0.15) is 13.2 Å². The van der Waals surface area contributed by atoms with E-state index in [1.165, 1.54) is 25.1 Å². The predicted octanol–water partition coefficient (Wildman–Crippen LogP) is 4.36. The van der Waals surface area contributed by atoms with E-state index in [1.54, 1.807) is 13.8 Å². The van der Waals surface area contributed by atoms with Crippen LogP contribution in [0.3, 0.4) is 0 Å². The van der Waals surface area contributed by atoms with Crippen molar-refractivity contribution in [1.29, 1.82) is 0 Å². The van der Waals surface area contributed by atoms with E-state index in [0.29, 0.717) is 0 Å². The molecule has 0 unspecified atom stereocenters. The van der Waals surface area contributed by atoms with Gasteiger partial charge in [0.05, 0.1) is 24.3 Å². The largest absolute Gasteiger partial charge is 0.462 e. The number of alkyl halides is 3. The van der Waals surface area contributed by atoms with Gasteiger partial charge >= 0.3 is 18.1 Å². The Morgan fingerprint density at radius 3 is 2.19 bits per heavy atom. The Bertz CT molecular complexity index is 824. The molecule has 8 heteroatoms. The number of aromatic nitrogens is 1. The SMILES string of the molecule is CCOC(=O)c1[nH]c(C)c(C(=O)OCC)c1-c1ccccc1C(F)(F)F. The van der Waals surface area contributed by atoms with E-state index >= 15 is 0 Å². The highest BCUT2D eigenvalue weighted by Gasteiger charge is 2.37. The minimum atomic E-state index is -4.67. The van der Waals surface area contributed by atoms with Gasteiger partial charge in [0.2, 0.25) is 0 Å². The Labute approximate surface area is 148 Å². The number of benzene rings is 1. The van der Waals surface area contributed by atoms with Crippen LogP contribution in [0.1, 0.15) is 46.0 Å². The van der Waals surface area contributed by atoms with Gasteiger partial charge in [0.15, 0.2) is 0 Å². The summed E-state index contributed by atoms with van der Waals surface area (Å²) in [6.07, 6.45) is -4.67. The van der Waals surface area contributed by atoms with Gasteiger partial charge in [-0.1, -0.05) is 18.2 Å². The van der Waals surface area contributed by atoms with Crippen molar-refractivity contribution in [3.05, 3.63) is 46.8 Å². The Hall–Kier alpha value is -2.77. The van der Waals surface area contributed by atoms with Crippen LogP contribution in [0.2, 0.25) is 0 Å². The first kappa shape index (κ1) is 19.6. The van der Waals surface area contributed by atoms with Crippen molar-refractivity contribution < 1.29 is 32.2 Å². The van der Waals surface area contributed by atoms with Gasteiger partial charge in [0.1, 0.15) is 5.69 Å². The highest BCUT2D eigenvalue weighted by atomic mass is 19.4. The van der Waals surface area contributed by atoms with Gasteiger partial charge < -0.3 is 14.5 Å². The molecule has 0 aliphatic rings. The Kier molecular flexibility index (Phi) is 5.74. The normalized spacial score (nSPS) is 11.3. The number of carbonyl (C=O) groups excluding carboxylic acids is 2. The molecule has 1 heterocycles. The molecule has 2 rings (SSSR count). The minimum Gasteiger partial charge on any atom is -0.462 e. The molecule has 1 N–H and O–H groups in total. The van der Waals surface area contributed by atoms with E-state index in [4.69, 9.17) is 9.47 Å².